The van der Waals surface area contributed by atoms with E-state index in [4.69, 9.17) is 5.73 Å². The second-order valence-corrected chi connectivity index (χ2v) is 5.07. The van der Waals surface area contributed by atoms with E-state index in [-0.39, 0.29) is 5.91 Å². The zero-order valence-corrected chi connectivity index (χ0v) is 12.1. The minimum Gasteiger partial charge on any atom is -0.351 e. The number of likely N-dealkylation sites (N-methyl/N-ethyl adjacent to an activating group) is 1. The van der Waals surface area contributed by atoms with E-state index in [1.54, 1.807) is 0 Å². The number of nitrogens with one attached hydrogen (secondary N) is 1. The Balaban J connectivity index is 2.47. The zero-order chi connectivity index (χ0) is 14.3. The van der Waals surface area contributed by atoms with Gasteiger partial charge in [-0.15, -0.1) is 0 Å². The van der Waals surface area contributed by atoms with Crippen molar-refractivity contribution in [2.24, 2.45) is 5.73 Å². The number of carbonyl (C=O) groups is 1. The van der Waals surface area contributed by atoms with Crippen molar-refractivity contribution in [3.63, 3.8) is 0 Å². The van der Waals surface area contributed by atoms with Gasteiger partial charge in [0.25, 0.3) is 5.91 Å². The maximum absolute atomic E-state index is 12.0. The van der Waals surface area contributed by atoms with Crippen molar-refractivity contribution >= 4 is 5.91 Å². The third kappa shape index (κ3) is 5.41. The molecule has 3 N–H and O–H groups in total. The van der Waals surface area contributed by atoms with Crippen molar-refractivity contribution in [2.45, 2.75) is 26.3 Å². The van der Waals surface area contributed by atoms with Gasteiger partial charge in [0.1, 0.15) is 0 Å². The molecule has 4 heteroatoms. The first-order chi connectivity index (χ1) is 9.04. The lowest BCUT2D eigenvalue weighted by atomic mass is 10.1. The maximum Gasteiger partial charge on any atom is 0.251 e. The number of nitrogens with two attached hydrogens (primary N) is 1. The lowest BCUT2D eigenvalue weighted by molar-refractivity contribution is 0.0948. The molecule has 0 bridgehead atoms. The van der Waals surface area contributed by atoms with Crippen LogP contribution >= 0.6 is 0 Å². The van der Waals surface area contributed by atoms with Crippen LogP contribution in [0.25, 0.3) is 0 Å². The highest BCUT2D eigenvalue weighted by Crippen LogP contribution is 2.05. The largest absolute Gasteiger partial charge is 0.351 e. The van der Waals surface area contributed by atoms with E-state index in [0.717, 1.165) is 18.5 Å². The Labute approximate surface area is 116 Å². The van der Waals surface area contributed by atoms with Gasteiger partial charge in [-0.2, -0.15) is 0 Å². The van der Waals surface area contributed by atoms with E-state index in [1.807, 2.05) is 24.3 Å². The van der Waals surface area contributed by atoms with Crippen molar-refractivity contribution in [3.05, 3.63) is 35.4 Å². The fourth-order valence-electron chi connectivity index (χ4n) is 1.74. The first kappa shape index (κ1) is 15.7. The Morgan fingerprint density at radius 2 is 2.16 bits per heavy atom. The number of nitrogens with zero attached hydrogens (tertiary/aromatic N) is 1. The summed E-state index contributed by atoms with van der Waals surface area (Å²) in [5.74, 6) is -0.0176. The van der Waals surface area contributed by atoms with E-state index in [0.29, 0.717) is 24.7 Å². The number of carbonyl (C=O) groups excluding carboxylic acids is 1. The van der Waals surface area contributed by atoms with Crippen LogP contribution in [-0.2, 0) is 6.42 Å². The number of hydrogen-bond acceptors (Lipinski definition) is 3. The Morgan fingerprint density at radius 1 is 1.42 bits per heavy atom. The van der Waals surface area contributed by atoms with Crippen molar-refractivity contribution in [3.8, 4) is 0 Å². The molecule has 0 saturated heterocycles. The van der Waals surface area contributed by atoms with Crippen LogP contribution in [0.4, 0.5) is 0 Å². The van der Waals surface area contributed by atoms with Crippen molar-refractivity contribution in [2.75, 3.05) is 26.7 Å². The average Bonchev–Trinajstić information content (AvgIpc) is 2.39. The van der Waals surface area contributed by atoms with E-state index < -0.39 is 0 Å². The molecule has 0 aliphatic carbocycles. The molecule has 0 aliphatic rings. The molecule has 106 valence electrons. The molecule has 0 atom stereocenters. The predicted octanol–water partition coefficient (Wildman–Crippen LogP) is 1.26. The molecule has 1 aromatic carbocycles. The molecule has 19 heavy (non-hydrogen) atoms. The van der Waals surface area contributed by atoms with Gasteiger partial charge in [0, 0.05) is 24.7 Å². The summed E-state index contributed by atoms with van der Waals surface area (Å²) in [6, 6.07) is 8.14. The van der Waals surface area contributed by atoms with Gasteiger partial charge in [0.2, 0.25) is 0 Å². The number of rotatable bonds is 7. The number of amides is 1. The summed E-state index contributed by atoms with van der Waals surface area (Å²) < 4.78 is 0. The van der Waals surface area contributed by atoms with Crippen molar-refractivity contribution < 1.29 is 4.79 Å². The van der Waals surface area contributed by atoms with Gasteiger partial charge in [-0.05, 0) is 51.6 Å². The minimum absolute atomic E-state index is 0.0176. The molecule has 0 unspecified atom stereocenters. The second kappa shape index (κ2) is 7.92. The Morgan fingerprint density at radius 3 is 2.79 bits per heavy atom. The van der Waals surface area contributed by atoms with Crippen LogP contribution in [0.15, 0.2) is 24.3 Å². The van der Waals surface area contributed by atoms with E-state index >= 15 is 0 Å². The molecule has 0 heterocycles. The van der Waals surface area contributed by atoms with Gasteiger partial charge in [-0.1, -0.05) is 12.1 Å². The van der Waals surface area contributed by atoms with E-state index in [2.05, 4.69) is 31.1 Å². The number of benzene rings is 1. The molecule has 0 aliphatic heterocycles. The van der Waals surface area contributed by atoms with Crippen LogP contribution in [0.2, 0.25) is 0 Å². The first-order valence-electron chi connectivity index (χ1n) is 6.82. The molecule has 0 fully saturated rings. The standard InChI is InChI=1S/C15H25N3O/c1-12(2)18(3)10-9-17-15(19)14-6-4-5-13(11-14)7-8-16/h4-6,11-12H,7-10,16H2,1-3H3,(H,17,19). The molecule has 4 nitrogen and oxygen atoms in total. The lowest BCUT2D eigenvalue weighted by Gasteiger charge is -2.20. The van der Waals surface area contributed by atoms with Gasteiger partial charge >= 0.3 is 0 Å². The van der Waals surface area contributed by atoms with Gasteiger partial charge in [-0.25, -0.2) is 0 Å². The second-order valence-electron chi connectivity index (χ2n) is 5.07. The lowest BCUT2D eigenvalue weighted by Crippen LogP contribution is -2.36. The normalized spacial score (nSPS) is 11.1. The topological polar surface area (TPSA) is 58.4 Å². The summed E-state index contributed by atoms with van der Waals surface area (Å²) in [4.78, 5) is 14.2. The van der Waals surface area contributed by atoms with Gasteiger partial charge in [0.15, 0.2) is 0 Å². The summed E-state index contributed by atoms with van der Waals surface area (Å²) in [5.41, 5.74) is 7.34. The van der Waals surface area contributed by atoms with Crippen LogP contribution in [-0.4, -0.2) is 43.5 Å². The highest BCUT2D eigenvalue weighted by atomic mass is 16.1. The third-order valence-electron chi connectivity index (χ3n) is 3.25. The summed E-state index contributed by atoms with van der Waals surface area (Å²) in [5, 5.41) is 2.94. The highest BCUT2D eigenvalue weighted by Gasteiger charge is 2.07. The molecule has 0 radical (unpaired) electrons. The Kier molecular flexibility index (Phi) is 6.53. The highest BCUT2D eigenvalue weighted by molar-refractivity contribution is 5.94. The van der Waals surface area contributed by atoms with Crippen molar-refractivity contribution in [1.82, 2.24) is 10.2 Å². The smallest absolute Gasteiger partial charge is 0.251 e. The molecule has 1 rings (SSSR count). The summed E-state index contributed by atoms with van der Waals surface area (Å²) >= 11 is 0. The molecule has 1 aromatic rings. The summed E-state index contributed by atoms with van der Waals surface area (Å²) in [6.07, 6.45) is 0.803. The molecule has 1 amide bonds. The molecule has 0 aromatic heterocycles. The van der Waals surface area contributed by atoms with Crippen LogP contribution in [0.5, 0.6) is 0 Å². The van der Waals surface area contributed by atoms with Gasteiger partial charge < -0.3 is 16.0 Å². The average molecular weight is 263 g/mol. The van der Waals surface area contributed by atoms with Crippen LogP contribution in [0, 0.1) is 0 Å². The van der Waals surface area contributed by atoms with E-state index in [1.165, 1.54) is 0 Å². The monoisotopic (exact) mass is 263 g/mol. The SMILES string of the molecule is CC(C)N(C)CCNC(=O)c1cccc(CCN)c1. The fourth-order valence-corrected chi connectivity index (χ4v) is 1.74. The first-order valence-corrected chi connectivity index (χ1v) is 6.82. The van der Waals surface area contributed by atoms with Crippen LogP contribution in [0.1, 0.15) is 29.8 Å². The maximum atomic E-state index is 12.0. The quantitative estimate of drug-likeness (QED) is 0.778. The Hall–Kier alpha value is -1.39. The summed E-state index contributed by atoms with van der Waals surface area (Å²) in [6.45, 7) is 6.39. The molecular weight excluding hydrogens is 238 g/mol. The fraction of sp³-hybridized carbons (Fsp3) is 0.533. The van der Waals surface area contributed by atoms with Crippen LogP contribution < -0.4 is 11.1 Å². The molecule has 0 spiro atoms. The van der Waals surface area contributed by atoms with E-state index in [9.17, 15) is 4.79 Å². The molecule has 0 saturated carbocycles. The summed E-state index contributed by atoms with van der Waals surface area (Å²) in [7, 11) is 2.05. The van der Waals surface area contributed by atoms with Gasteiger partial charge in [0.05, 0.1) is 0 Å². The molecular formula is C15H25N3O. The Bertz CT molecular complexity index is 404. The van der Waals surface area contributed by atoms with Crippen molar-refractivity contribution in [1.29, 1.82) is 0 Å². The minimum atomic E-state index is -0.0176. The third-order valence-corrected chi connectivity index (χ3v) is 3.25. The van der Waals surface area contributed by atoms with Gasteiger partial charge in [-0.3, -0.25) is 4.79 Å². The predicted molar refractivity (Wildman–Crippen MR) is 79.3 cm³/mol. The number of hydrogen-bond donors (Lipinski definition) is 2. The van der Waals surface area contributed by atoms with Crippen LogP contribution in [0.3, 0.4) is 0 Å². The zero-order valence-electron chi connectivity index (χ0n) is 12.1.